The maximum absolute atomic E-state index is 13.2. The standard InChI is InChI=1S/C20H21N3O2S3/c1-10-6-7-11-13(9-27-15(11)8-10)17(24)22-23-19(25)16-12-4-2-3-5-14(12)28-18(16)21-20(23)26/h9-10H,2-8H2,1H3,(H,21,26)(H,22,24). The zero-order valence-corrected chi connectivity index (χ0v) is 18.0. The smallest absolute Gasteiger partial charge is 0.282 e. The minimum atomic E-state index is -0.253. The van der Waals surface area contributed by atoms with Crippen LogP contribution in [0.5, 0.6) is 0 Å². The average molecular weight is 432 g/mol. The van der Waals surface area contributed by atoms with Crippen LogP contribution < -0.4 is 11.0 Å². The number of hydrogen-bond donors (Lipinski definition) is 2. The molecule has 1 amide bonds. The monoisotopic (exact) mass is 431 g/mol. The number of H-pyrrole nitrogens is 1. The van der Waals surface area contributed by atoms with E-state index in [2.05, 4.69) is 17.3 Å². The molecule has 0 aromatic carbocycles. The highest BCUT2D eigenvalue weighted by molar-refractivity contribution is 7.71. The molecule has 146 valence electrons. The molecule has 0 fully saturated rings. The summed E-state index contributed by atoms with van der Waals surface area (Å²) in [5, 5.41) is 2.61. The lowest BCUT2D eigenvalue weighted by molar-refractivity contribution is 0.101. The van der Waals surface area contributed by atoms with Gasteiger partial charge in [-0.3, -0.25) is 15.0 Å². The summed E-state index contributed by atoms with van der Waals surface area (Å²) in [7, 11) is 0. The molecule has 0 spiro atoms. The van der Waals surface area contributed by atoms with Gasteiger partial charge in [-0.25, -0.2) is 0 Å². The number of aromatic amines is 1. The van der Waals surface area contributed by atoms with Gasteiger partial charge in [-0.15, -0.1) is 22.7 Å². The van der Waals surface area contributed by atoms with E-state index in [0.717, 1.165) is 60.9 Å². The lowest BCUT2D eigenvalue weighted by atomic mass is 9.88. The molecular formula is C20H21N3O2S3. The van der Waals surface area contributed by atoms with Gasteiger partial charge >= 0.3 is 0 Å². The molecule has 0 radical (unpaired) electrons. The molecule has 28 heavy (non-hydrogen) atoms. The van der Waals surface area contributed by atoms with Crippen molar-refractivity contribution in [3.8, 4) is 0 Å². The van der Waals surface area contributed by atoms with Crippen LogP contribution in [0.25, 0.3) is 10.2 Å². The first-order chi connectivity index (χ1) is 13.5. The fourth-order valence-corrected chi connectivity index (χ4v) is 7.19. The zero-order chi connectivity index (χ0) is 19.4. The summed E-state index contributed by atoms with van der Waals surface area (Å²) >= 11 is 8.66. The second-order valence-electron chi connectivity index (χ2n) is 7.83. The first kappa shape index (κ1) is 18.3. The van der Waals surface area contributed by atoms with Gasteiger partial charge in [0.25, 0.3) is 11.5 Å². The van der Waals surface area contributed by atoms with Gasteiger partial charge in [0.15, 0.2) is 0 Å². The molecule has 5 nitrogen and oxygen atoms in total. The van der Waals surface area contributed by atoms with Crippen LogP contribution in [0.15, 0.2) is 10.2 Å². The van der Waals surface area contributed by atoms with E-state index in [4.69, 9.17) is 12.2 Å². The zero-order valence-electron chi connectivity index (χ0n) is 15.6. The van der Waals surface area contributed by atoms with Crippen LogP contribution >= 0.6 is 34.9 Å². The van der Waals surface area contributed by atoms with Gasteiger partial charge in [0, 0.05) is 15.1 Å². The molecule has 0 saturated carbocycles. The van der Waals surface area contributed by atoms with Crippen molar-refractivity contribution in [1.29, 1.82) is 0 Å². The first-order valence-corrected chi connectivity index (χ1v) is 11.8. The van der Waals surface area contributed by atoms with Crippen molar-refractivity contribution in [2.24, 2.45) is 5.92 Å². The Balaban J connectivity index is 1.54. The Morgan fingerprint density at radius 1 is 1.25 bits per heavy atom. The predicted molar refractivity (Wildman–Crippen MR) is 117 cm³/mol. The topological polar surface area (TPSA) is 66.9 Å². The quantitative estimate of drug-likeness (QED) is 0.584. The third-order valence-corrected chi connectivity index (χ3v) is 8.41. The SMILES string of the molecule is CC1CCc2c(C(=O)Nn3c(=S)[nH]c4sc5c(c4c3=O)CCCC5)csc2C1. The summed E-state index contributed by atoms with van der Waals surface area (Å²) < 4.78 is 1.46. The van der Waals surface area contributed by atoms with Crippen LogP contribution in [0.4, 0.5) is 0 Å². The highest BCUT2D eigenvalue weighted by Crippen LogP contribution is 2.34. The van der Waals surface area contributed by atoms with Gasteiger partial charge < -0.3 is 4.98 Å². The summed E-state index contributed by atoms with van der Waals surface area (Å²) in [6, 6.07) is 0. The number of nitrogens with one attached hydrogen (secondary N) is 2. The average Bonchev–Trinajstić information content (AvgIpc) is 3.25. The van der Waals surface area contributed by atoms with E-state index in [0.29, 0.717) is 16.9 Å². The molecule has 2 N–H and O–H groups in total. The molecule has 5 rings (SSSR count). The fourth-order valence-electron chi connectivity index (χ4n) is 4.37. The summed E-state index contributed by atoms with van der Waals surface area (Å²) in [6.45, 7) is 2.25. The Morgan fingerprint density at radius 2 is 2.07 bits per heavy atom. The Kier molecular flexibility index (Phi) is 4.52. The molecule has 1 unspecified atom stereocenters. The Hall–Kier alpha value is -1.77. The number of fused-ring (bicyclic) bond motifs is 4. The number of rotatable bonds is 2. The number of amides is 1. The number of carbonyl (C=O) groups is 1. The Bertz CT molecular complexity index is 1210. The van der Waals surface area contributed by atoms with E-state index < -0.39 is 0 Å². The Morgan fingerprint density at radius 3 is 2.93 bits per heavy atom. The molecule has 1 atom stereocenters. The Labute approximate surface area is 175 Å². The van der Waals surface area contributed by atoms with E-state index >= 15 is 0 Å². The molecule has 2 aliphatic carbocycles. The second kappa shape index (κ2) is 6.93. The van der Waals surface area contributed by atoms with Crippen LogP contribution in [0.1, 0.15) is 57.4 Å². The van der Waals surface area contributed by atoms with E-state index in [-0.39, 0.29) is 16.2 Å². The number of hydrogen-bond acceptors (Lipinski definition) is 5. The number of thiophene rings is 2. The van der Waals surface area contributed by atoms with Gasteiger partial charge in [0.2, 0.25) is 4.77 Å². The highest BCUT2D eigenvalue weighted by atomic mass is 32.1. The molecule has 0 saturated heterocycles. The summed E-state index contributed by atoms with van der Waals surface area (Å²) in [5.74, 6) is 0.405. The van der Waals surface area contributed by atoms with E-state index in [1.165, 1.54) is 14.4 Å². The van der Waals surface area contributed by atoms with Gasteiger partial charge in [0.1, 0.15) is 4.83 Å². The van der Waals surface area contributed by atoms with Gasteiger partial charge in [-0.1, -0.05) is 6.92 Å². The van der Waals surface area contributed by atoms with Crippen LogP contribution in [0.3, 0.4) is 0 Å². The second-order valence-corrected chi connectivity index (χ2v) is 10.3. The summed E-state index contributed by atoms with van der Waals surface area (Å²) in [5.41, 5.74) is 5.50. The van der Waals surface area contributed by atoms with Crippen LogP contribution in [0, 0.1) is 10.7 Å². The maximum Gasteiger partial charge on any atom is 0.282 e. The van der Waals surface area contributed by atoms with E-state index in [1.807, 2.05) is 5.38 Å². The van der Waals surface area contributed by atoms with Crippen molar-refractivity contribution < 1.29 is 4.79 Å². The van der Waals surface area contributed by atoms with Gasteiger partial charge in [0.05, 0.1) is 10.9 Å². The van der Waals surface area contributed by atoms with Crippen molar-refractivity contribution >= 4 is 51.0 Å². The highest BCUT2D eigenvalue weighted by Gasteiger charge is 2.25. The third-order valence-electron chi connectivity index (χ3n) is 5.87. The van der Waals surface area contributed by atoms with Crippen LogP contribution in [-0.2, 0) is 25.7 Å². The first-order valence-electron chi connectivity index (χ1n) is 9.73. The minimum Gasteiger partial charge on any atom is -0.322 e. The fraction of sp³-hybridized carbons (Fsp3) is 0.450. The predicted octanol–water partition coefficient (Wildman–Crippen LogP) is 4.57. The van der Waals surface area contributed by atoms with Crippen LogP contribution in [0.2, 0.25) is 0 Å². The van der Waals surface area contributed by atoms with Crippen molar-refractivity contribution in [2.75, 3.05) is 5.43 Å². The maximum atomic E-state index is 13.2. The van der Waals surface area contributed by atoms with E-state index in [1.54, 1.807) is 22.7 Å². The van der Waals surface area contributed by atoms with Crippen molar-refractivity contribution in [3.63, 3.8) is 0 Å². The van der Waals surface area contributed by atoms with Crippen molar-refractivity contribution in [2.45, 2.75) is 51.9 Å². The van der Waals surface area contributed by atoms with Crippen LogP contribution in [-0.4, -0.2) is 15.6 Å². The lowest BCUT2D eigenvalue weighted by Crippen LogP contribution is -2.34. The molecule has 3 aromatic heterocycles. The van der Waals surface area contributed by atoms with Crippen molar-refractivity contribution in [1.82, 2.24) is 9.66 Å². The molecule has 8 heteroatoms. The van der Waals surface area contributed by atoms with Gasteiger partial charge in [-0.05, 0) is 74.2 Å². The summed E-state index contributed by atoms with van der Waals surface area (Å²) in [4.78, 5) is 32.7. The molecule has 0 aliphatic heterocycles. The third kappa shape index (κ3) is 2.89. The van der Waals surface area contributed by atoms with Crippen molar-refractivity contribution in [3.05, 3.63) is 46.9 Å². The largest absolute Gasteiger partial charge is 0.322 e. The number of carbonyl (C=O) groups excluding carboxylic acids is 1. The molecule has 3 aromatic rings. The molecule has 0 bridgehead atoms. The van der Waals surface area contributed by atoms with Gasteiger partial charge in [-0.2, -0.15) is 4.68 Å². The number of nitrogens with zero attached hydrogens (tertiary/aromatic N) is 1. The normalized spacial score (nSPS) is 18.7. The summed E-state index contributed by atoms with van der Waals surface area (Å²) in [6.07, 6.45) is 7.23. The number of aromatic nitrogens is 2. The molecular weight excluding hydrogens is 410 g/mol. The lowest BCUT2D eigenvalue weighted by Gasteiger charge is -2.19. The minimum absolute atomic E-state index is 0.218. The van der Waals surface area contributed by atoms with E-state index in [9.17, 15) is 9.59 Å². The molecule has 3 heterocycles. The number of aryl methyl sites for hydroxylation is 2. The molecule has 2 aliphatic rings.